The van der Waals surface area contributed by atoms with Crippen molar-refractivity contribution in [1.29, 1.82) is 0 Å². The number of allylic oxidation sites excluding steroid dienone is 4. The van der Waals surface area contributed by atoms with Gasteiger partial charge in [-0.15, -0.1) is 0 Å². The third kappa shape index (κ3) is 0.911. The maximum absolute atomic E-state index is 12.2. The largest absolute Gasteiger partial charge is 0.290 e. The van der Waals surface area contributed by atoms with Crippen molar-refractivity contribution >= 4 is 5.78 Å². The van der Waals surface area contributed by atoms with Crippen LogP contribution < -0.4 is 0 Å². The van der Waals surface area contributed by atoms with Crippen molar-refractivity contribution in [2.24, 2.45) is 16.7 Å². The monoisotopic (exact) mass is 216 g/mol. The first-order chi connectivity index (χ1) is 7.39. The van der Waals surface area contributed by atoms with Crippen molar-refractivity contribution in [3.63, 3.8) is 0 Å². The molecule has 3 rings (SSSR count). The van der Waals surface area contributed by atoms with Gasteiger partial charge in [0, 0.05) is 11.0 Å². The number of rotatable bonds is 0. The first-order valence-electron chi connectivity index (χ1n) is 6.34. The molecule has 0 N–H and O–H groups in total. The van der Waals surface area contributed by atoms with Gasteiger partial charge in [-0.25, -0.2) is 0 Å². The van der Waals surface area contributed by atoms with E-state index in [1.54, 1.807) is 0 Å². The van der Waals surface area contributed by atoms with Crippen LogP contribution in [0.3, 0.4) is 0 Å². The van der Waals surface area contributed by atoms with Crippen molar-refractivity contribution in [3.05, 3.63) is 22.8 Å². The van der Waals surface area contributed by atoms with E-state index in [4.69, 9.17) is 0 Å². The minimum absolute atomic E-state index is 0.154. The second-order valence-electron chi connectivity index (χ2n) is 6.44. The van der Waals surface area contributed by atoms with E-state index < -0.39 is 0 Å². The zero-order valence-electron chi connectivity index (χ0n) is 10.7. The Labute approximate surface area is 97.6 Å². The Morgan fingerprint density at radius 2 is 2.00 bits per heavy atom. The number of carbonyl (C=O) groups excluding carboxylic acids is 1. The molecule has 0 aromatic rings. The van der Waals surface area contributed by atoms with Crippen LogP contribution in [-0.4, -0.2) is 5.78 Å². The highest BCUT2D eigenvalue weighted by Crippen LogP contribution is 2.65. The van der Waals surface area contributed by atoms with Gasteiger partial charge in [0.1, 0.15) is 0 Å². The predicted molar refractivity (Wildman–Crippen MR) is 65.0 cm³/mol. The van der Waals surface area contributed by atoms with Gasteiger partial charge in [0.25, 0.3) is 0 Å². The highest BCUT2D eigenvalue weighted by atomic mass is 16.1. The van der Waals surface area contributed by atoms with Gasteiger partial charge in [0.15, 0.2) is 5.78 Å². The first-order valence-corrected chi connectivity index (χ1v) is 6.34. The molecule has 16 heavy (non-hydrogen) atoms. The summed E-state index contributed by atoms with van der Waals surface area (Å²) in [6, 6.07) is 0. The molecule has 0 heterocycles. The third-order valence-corrected chi connectivity index (χ3v) is 5.70. The van der Waals surface area contributed by atoms with E-state index in [0.717, 1.165) is 11.5 Å². The molecule has 0 unspecified atom stereocenters. The zero-order chi connectivity index (χ0) is 11.7. The molecular weight excluding hydrogens is 196 g/mol. The molecule has 1 heteroatoms. The molecule has 1 spiro atoms. The lowest BCUT2D eigenvalue weighted by Gasteiger charge is -2.42. The molecule has 3 aliphatic rings. The fourth-order valence-corrected chi connectivity index (χ4v) is 4.26. The highest BCUT2D eigenvalue weighted by Gasteiger charge is 2.57. The molecule has 0 aliphatic heterocycles. The quantitative estimate of drug-likeness (QED) is 0.604. The van der Waals surface area contributed by atoms with E-state index >= 15 is 0 Å². The van der Waals surface area contributed by atoms with Gasteiger partial charge in [0.05, 0.1) is 0 Å². The fourth-order valence-electron chi connectivity index (χ4n) is 4.26. The lowest BCUT2D eigenvalue weighted by atomic mass is 9.61. The average Bonchev–Trinajstić information content (AvgIpc) is 2.69. The second kappa shape index (κ2) is 2.69. The van der Waals surface area contributed by atoms with Crippen LogP contribution in [0.2, 0.25) is 0 Å². The molecule has 3 aliphatic carbocycles. The van der Waals surface area contributed by atoms with Crippen molar-refractivity contribution in [3.8, 4) is 0 Å². The minimum Gasteiger partial charge on any atom is -0.290 e. The van der Waals surface area contributed by atoms with Crippen molar-refractivity contribution in [2.45, 2.75) is 47.0 Å². The number of ketones is 1. The van der Waals surface area contributed by atoms with E-state index in [1.807, 2.05) is 6.08 Å². The maximum Gasteiger partial charge on any atom is 0.182 e. The van der Waals surface area contributed by atoms with E-state index in [0.29, 0.717) is 5.78 Å². The summed E-state index contributed by atoms with van der Waals surface area (Å²) >= 11 is 0. The van der Waals surface area contributed by atoms with Crippen LogP contribution in [0.5, 0.6) is 0 Å². The maximum atomic E-state index is 12.2. The summed E-state index contributed by atoms with van der Waals surface area (Å²) in [5.41, 5.74) is 4.22. The smallest absolute Gasteiger partial charge is 0.182 e. The van der Waals surface area contributed by atoms with Crippen LogP contribution in [0.15, 0.2) is 22.8 Å². The SMILES string of the molecule is CC1=CC(=O)C2=C(C)C(C)(C)[C@H]3CC[C@@]12C3. The Balaban J connectivity index is 2.28. The Hall–Kier alpha value is -0.850. The molecular formula is C15H20O. The molecule has 2 atom stereocenters. The lowest BCUT2D eigenvalue weighted by molar-refractivity contribution is -0.111. The summed E-state index contributed by atoms with van der Waals surface area (Å²) in [4.78, 5) is 12.2. The van der Waals surface area contributed by atoms with Gasteiger partial charge in [-0.2, -0.15) is 0 Å². The number of hydrogen-bond acceptors (Lipinski definition) is 1. The number of hydrogen-bond donors (Lipinski definition) is 0. The van der Waals surface area contributed by atoms with Crippen LogP contribution >= 0.6 is 0 Å². The third-order valence-electron chi connectivity index (χ3n) is 5.70. The molecule has 0 radical (unpaired) electrons. The molecule has 86 valence electrons. The Kier molecular flexibility index (Phi) is 1.74. The van der Waals surface area contributed by atoms with Gasteiger partial charge < -0.3 is 0 Å². The topological polar surface area (TPSA) is 17.1 Å². The average molecular weight is 216 g/mol. The van der Waals surface area contributed by atoms with Gasteiger partial charge in [-0.05, 0) is 50.5 Å². The van der Waals surface area contributed by atoms with Crippen LogP contribution in [0, 0.1) is 16.7 Å². The Morgan fingerprint density at radius 1 is 1.31 bits per heavy atom. The van der Waals surface area contributed by atoms with Crippen LogP contribution in [0.25, 0.3) is 0 Å². The van der Waals surface area contributed by atoms with E-state index in [9.17, 15) is 4.79 Å². The summed E-state index contributed by atoms with van der Waals surface area (Å²) in [7, 11) is 0. The normalized spacial score (nSPS) is 40.1. The summed E-state index contributed by atoms with van der Waals surface area (Å²) in [6.45, 7) is 8.97. The zero-order valence-corrected chi connectivity index (χ0v) is 10.7. The van der Waals surface area contributed by atoms with Crippen molar-refractivity contribution in [1.82, 2.24) is 0 Å². The molecule has 0 amide bonds. The Morgan fingerprint density at radius 3 is 2.69 bits per heavy atom. The number of fused-ring (bicyclic) bond motifs is 1. The van der Waals surface area contributed by atoms with Gasteiger partial charge in [-0.3, -0.25) is 4.79 Å². The standard InChI is InChI=1S/C15H20O/c1-9-7-12(16)13-10(2)14(3,4)11-5-6-15(9,13)8-11/h7,11H,5-6,8H2,1-4H3/t11-,15+/m0/s1. The Bertz CT molecular complexity index is 450. The van der Waals surface area contributed by atoms with Crippen LogP contribution in [0.4, 0.5) is 0 Å². The molecule has 1 saturated carbocycles. The van der Waals surface area contributed by atoms with Gasteiger partial charge in [0.2, 0.25) is 0 Å². The lowest BCUT2D eigenvalue weighted by Crippen LogP contribution is -2.34. The van der Waals surface area contributed by atoms with E-state index in [2.05, 4.69) is 27.7 Å². The van der Waals surface area contributed by atoms with Gasteiger partial charge in [-0.1, -0.05) is 25.0 Å². The van der Waals surface area contributed by atoms with Gasteiger partial charge >= 0.3 is 0 Å². The summed E-state index contributed by atoms with van der Waals surface area (Å²) < 4.78 is 0. The molecule has 1 fully saturated rings. The molecule has 0 aromatic carbocycles. The van der Waals surface area contributed by atoms with Crippen LogP contribution in [-0.2, 0) is 4.79 Å². The molecule has 1 nitrogen and oxygen atoms in total. The summed E-state index contributed by atoms with van der Waals surface area (Å²) in [5.74, 6) is 1.06. The number of carbonyl (C=O) groups is 1. The molecule has 0 saturated heterocycles. The second-order valence-corrected chi connectivity index (χ2v) is 6.44. The minimum atomic E-state index is 0.154. The van der Waals surface area contributed by atoms with Crippen LogP contribution in [0.1, 0.15) is 47.0 Å². The van der Waals surface area contributed by atoms with Crippen molar-refractivity contribution < 1.29 is 4.79 Å². The highest BCUT2D eigenvalue weighted by molar-refractivity contribution is 6.10. The molecule has 2 bridgehead atoms. The summed E-state index contributed by atoms with van der Waals surface area (Å²) in [5, 5.41) is 0. The van der Waals surface area contributed by atoms with E-state index in [-0.39, 0.29) is 10.8 Å². The molecule has 0 aromatic heterocycles. The van der Waals surface area contributed by atoms with Crippen molar-refractivity contribution in [2.75, 3.05) is 0 Å². The fraction of sp³-hybridized carbons (Fsp3) is 0.667. The van der Waals surface area contributed by atoms with E-state index in [1.165, 1.54) is 30.4 Å². The first kappa shape index (κ1) is 10.3. The summed E-state index contributed by atoms with van der Waals surface area (Å²) in [6.07, 6.45) is 5.58. The predicted octanol–water partition coefficient (Wildman–Crippen LogP) is 3.66.